The monoisotopic (exact) mass is 312 g/mol. The number of nitrogens with zero attached hydrogens (tertiary/aromatic N) is 1. The summed E-state index contributed by atoms with van der Waals surface area (Å²) in [5.41, 5.74) is 8.81. The molecule has 3 nitrogen and oxygen atoms in total. The number of hydrogen-bond acceptors (Lipinski definition) is 3. The third-order valence-corrected chi connectivity index (χ3v) is 4.45. The summed E-state index contributed by atoms with van der Waals surface area (Å²) < 4.78 is 5.99. The van der Waals surface area contributed by atoms with Gasteiger partial charge in [0.15, 0.2) is 0 Å². The highest BCUT2D eigenvalue weighted by Crippen LogP contribution is 2.27. The average Bonchev–Trinajstić information content (AvgIpc) is 2.37. The lowest BCUT2D eigenvalue weighted by Gasteiger charge is -2.42. The van der Waals surface area contributed by atoms with Gasteiger partial charge in [0.2, 0.25) is 0 Å². The van der Waals surface area contributed by atoms with Gasteiger partial charge in [0, 0.05) is 19.1 Å². The molecule has 0 amide bonds. The van der Waals surface area contributed by atoms with Crippen LogP contribution in [0.15, 0.2) is 18.2 Å². The van der Waals surface area contributed by atoms with E-state index in [4.69, 9.17) is 10.5 Å². The lowest BCUT2D eigenvalue weighted by atomic mass is 9.80. The van der Waals surface area contributed by atoms with Crippen molar-refractivity contribution in [2.45, 2.75) is 40.2 Å². The molecule has 4 heteroatoms. The molecule has 1 aromatic rings. The van der Waals surface area contributed by atoms with Gasteiger partial charge in [-0.1, -0.05) is 32.0 Å². The third-order valence-electron chi connectivity index (χ3n) is 4.45. The van der Waals surface area contributed by atoms with E-state index >= 15 is 0 Å². The molecule has 21 heavy (non-hydrogen) atoms. The Hall–Kier alpha value is -0.770. The van der Waals surface area contributed by atoms with Crippen molar-refractivity contribution in [1.82, 2.24) is 4.90 Å². The summed E-state index contributed by atoms with van der Waals surface area (Å²) in [7, 11) is 0. The zero-order chi connectivity index (χ0) is 14.8. The molecule has 2 N–H and O–H groups in total. The molecule has 1 atom stereocenters. The summed E-state index contributed by atoms with van der Waals surface area (Å²) in [5, 5.41) is 0. The van der Waals surface area contributed by atoms with E-state index in [0.717, 1.165) is 38.4 Å². The second kappa shape index (κ2) is 7.48. The smallest absolute Gasteiger partial charge is 0.125 e. The minimum atomic E-state index is 0. The van der Waals surface area contributed by atoms with Gasteiger partial charge in [0.25, 0.3) is 0 Å². The number of halogens is 1. The topological polar surface area (TPSA) is 38.5 Å². The highest BCUT2D eigenvalue weighted by molar-refractivity contribution is 5.85. The van der Waals surface area contributed by atoms with Gasteiger partial charge in [-0.05, 0) is 43.4 Å². The fraction of sp³-hybridized carbons (Fsp3) is 0.647. The van der Waals surface area contributed by atoms with E-state index in [-0.39, 0.29) is 17.8 Å². The van der Waals surface area contributed by atoms with Crippen LogP contribution in [0.3, 0.4) is 0 Å². The molecule has 0 aromatic heterocycles. The second-order valence-corrected chi connectivity index (χ2v) is 6.73. The molecule has 1 fully saturated rings. The minimum absolute atomic E-state index is 0. The first-order chi connectivity index (χ1) is 9.40. The van der Waals surface area contributed by atoms with E-state index in [0.29, 0.717) is 6.04 Å². The Labute approximate surface area is 135 Å². The highest BCUT2D eigenvalue weighted by Gasteiger charge is 2.33. The fourth-order valence-electron chi connectivity index (χ4n) is 2.98. The summed E-state index contributed by atoms with van der Waals surface area (Å²) in [6, 6.07) is 6.60. The Morgan fingerprint density at radius 2 is 1.90 bits per heavy atom. The molecule has 0 saturated carbocycles. The van der Waals surface area contributed by atoms with Crippen LogP contribution in [-0.2, 0) is 0 Å². The van der Waals surface area contributed by atoms with E-state index in [1.165, 1.54) is 11.1 Å². The number of aryl methyl sites for hydroxylation is 2. The quantitative estimate of drug-likeness (QED) is 0.928. The Bertz CT molecular complexity index is 442. The largest absolute Gasteiger partial charge is 0.492 e. The number of ether oxygens (including phenoxy) is 1. The van der Waals surface area contributed by atoms with Crippen molar-refractivity contribution in [3.8, 4) is 5.75 Å². The van der Waals surface area contributed by atoms with Crippen molar-refractivity contribution in [1.29, 1.82) is 0 Å². The molecule has 0 spiro atoms. The average molecular weight is 313 g/mol. The summed E-state index contributed by atoms with van der Waals surface area (Å²) in [6.07, 6.45) is 1.08. The molecular weight excluding hydrogens is 284 g/mol. The van der Waals surface area contributed by atoms with Gasteiger partial charge in [0.05, 0.1) is 0 Å². The fourth-order valence-corrected chi connectivity index (χ4v) is 2.98. The second-order valence-electron chi connectivity index (χ2n) is 6.73. The van der Waals surface area contributed by atoms with Crippen LogP contribution in [0.5, 0.6) is 5.75 Å². The van der Waals surface area contributed by atoms with Gasteiger partial charge in [-0.3, -0.25) is 4.90 Å². The first kappa shape index (κ1) is 18.3. The van der Waals surface area contributed by atoms with Crippen molar-refractivity contribution < 1.29 is 4.74 Å². The lowest BCUT2D eigenvalue weighted by molar-refractivity contribution is 0.0829. The van der Waals surface area contributed by atoms with Crippen molar-refractivity contribution in [3.05, 3.63) is 29.3 Å². The van der Waals surface area contributed by atoms with Gasteiger partial charge in [-0.25, -0.2) is 0 Å². The summed E-state index contributed by atoms with van der Waals surface area (Å²) in [5.74, 6) is 1.04. The van der Waals surface area contributed by atoms with E-state index in [1.807, 2.05) is 0 Å². The molecule has 1 saturated heterocycles. The molecule has 1 unspecified atom stereocenters. The first-order valence-electron chi connectivity index (χ1n) is 7.57. The van der Waals surface area contributed by atoms with Crippen molar-refractivity contribution >= 4 is 12.4 Å². The van der Waals surface area contributed by atoms with Crippen LogP contribution in [-0.4, -0.2) is 37.2 Å². The van der Waals surface area contributed by atoms with Gasteiger partial charge >= 0.3 is 0 Å². The first-order valence-corrected chi connectivity index (χ1v) is 7.57. The van der Waals surface area contributed by atoms with Gasteiger partial charge < -0.3 is 10.5 Å². The van der Waals surface area contributed by atoms with Crippen LogP contribution in [0.4, 0.5) is 0 Å². The maximum Gasteiger partial charge on any atom is 0.125 e. The van der Waals surface area contributed by atoms with Crippen molar-refractivity contribution in [2.75, 3.05) is 26.2 Å². The number of nitrogens with two attached hydrogens (primary N) is 1. The molecule has 0 bridgehead atoms. The van der Waals surface area contributed by atoms with E-state index in [2.05, 4.69) is 50.8 Å². The predicted octanol–water partition coefficient (Wildman–Crippen LogP) is 3.16. The number of likely N-dealkylation sites (tertiary alicyclic amines) is 1. The molecule has 0 aliphatic carbocycles. The van der Waals surface area contributed by atoms with Crippen LogP contribution < -0.4 is 10.5 Å². The zero-order valence-electron chi connectivity index (χ0n) is 13.7. The van der Waals surface area contributed by atoms with Gasteiger partial charge in [0.1, 0.15) is 12.4 Å². The van der Waals surface area contributed by atoms with Crippen LogP contribution in [0.2, 0.25) is 0 Å². The van der Waals surface area contributed by atoms with Crippen LogP contribution in [0.25, 0.3) is 0 Å². The maximum atomic E-state index is 6.18. The van der Waals surface area contributed by atoms with Crippen LogP contribution in [0.1, 0.15) is 31.4 Å². The molecule has 1 heterocycles. The Morgan fingerprint density at radius 1 is 1.29 bits per heavy atom. The normalized spacial score (nSPS) is 21.7. The molecule has 1 aliphatic rings. The number of para-hydroxylation sites is 1. The van der Waals surface area contributed by atoms with Crippen LogP contribution >= 0.6 is 12.4 Å². The van der Waals surface area contributed by atoms with Crippen LogP contribution in [0, 0.1) is 19.3 Å². The van der Waals surface area contributed by atoms with E-state index in [9.17, 15) is 0 Å². The summed E-state index contributed by atoms with van der Waals surface area (Å²) >= 11 is 0. The van der Waals surface area contributed by atoms with E-state index in [1.54, 1.807) is 0 Å². The maximum absolute atomic E-state index is 6.18. The van der Waals surface area contributed by atoms with Gasteiger partial charge in [-0.2, -0.15) is 0 Å². The molecule has 0 radical (unpaired) electrons. The van der Waals surface area contributed by atoms with Gasteiger partial charge in [-0.15, -0.1) is 12.4 Å². The lowest BCUT2D eigenvalue weighted by Crippen LogP contribution is -2.53. The Kier molecular flexibility index (Phi) is 6.51. The molecule has 2 rings (SSSR count). The summed E-state index contributed by atoms with van der Waals surface area (Å²) in [4.78, 5) is 2.47. The molecule has 1 aliphatic heterocycles. The number of benzene rings is 1. The van der Waals surface area contributed by atoms with Crippen molar-refractivity contribution in [2.24, 2.45) is 11.1 Å². The minimum Gasteiger partial charge on any atom is -0.492 e. The number of piperidine rings is 1. The Balaban J connectivity index is 0.00000220. The van der Waals surface area contributed by atoms with Crippen molar-refractivity contribution in [3.63, 3.8) is 0 Å². The number of rotatable bonds is 4. The standard InChI is InChI=1S/C17H28N2O.ClH/c1-13-6-5-7-14(2)16(13)20-11-10-19-9-8-15(18)17(3,4)12-19;/h5-7,15H,8-12,18H2,1-4H3;1H. The Morgan fingerprint density at radius 3 is 2.48 bits per heavy atom. The predicted molar refractivity (Wildman–Crippen MR) is 91.5 cm³/mol. The third kappa shape index (κ3) is 4.60. The highest BCUT2D eigenvalue weighted by atomic mass is 35.5. The SMILES string of the molecule is Cc1cccc(C)c1OCCN1CCC(N)C(C)(C)C1.Cl. The molecule has 1 aromatic carbocycles. The summed E-state index contributed by atoms with van der Waals surface area (Å²) in [6.45, 7) is 12.6. The zero-order valence-corrected chi connectivity index (χ0v) is 14.5. The van der Waals surface area contributed by atoms with E-state index < -0.39 is 0 Å². The molecule has 120 valence electrons. The molecular formula is C17H29ClN2O. The number of hydrogen-bond donors (Lipinski definition) is 1.